The highest BCUT2D eigenvalue weighted by Gasteiger charge is 2.54. The maximum atomic E-state index is 13.3. The fourth-order valence-electron chi connectivity index (χ4n) is 4.52. The summed E-state index contributed by atoms with van der Waals surface area (Å²) >= 11 is 0. The third-order valence-corrected chi connectivity index (χ3v) is 6.45. The predicted octanol–water partition coefficient (Wildman–Crippen LogP) is 2.17. The first-order valence-electron chi connectivity index (χ1n) is 11.0. The number of likely N-dealkylation sites (tertiary alicyclic amines) is 1. The van der Waals surface area contributed by atoms with E-state index in [1.54, 1.807) is 4.90 Å². The van der Waals surface area contributed by atoms with Crippen molar-refractivity contribution in [1.82, 2.24) is 15.1 Å². The van der Waals surface area contributed by atoms with Crippen molar-refractivity contribution in [3.8, 4) is 0 Å². The highest BCUT2D eigenvalue weighted by atomic mass is 16.3. The van der Waals surface area contributed by atoms with Crippen LogP contribution in [0.2, 0.25) is 0 Å². The lowest BCUT2D eigenvalue weighted by Crippen LogP contribution is -2.74. The molecule has 2 aliphatic heterocycles. The third-order valence-electron chi connectivity index (χ3n) is 6.45. The molecule has 0 saturated carbocycles. The average molecular weight is 402 g/mol. The van der Waals surface area contributed by atoms with Crippen molar-refractivity contribution in [2.75, 3.05) is 19.6 Å². The van der Waals surface area contributed by atoms with Crippen LogP contribution in [0.15, 0.2) is 30.3 Å². The standard InChI is InChI=1S/C23H35N3O3/c1-4-5-13-26-21(28)19(20(27)17(2)3)24-22(29)23(26)11-14-25(15-12-23)16-18-9-7-6-8-10-18/h6-10,17,19-20,27H,4-5,11-16H2,1-3H3,(H,24,29). The maximum Gasteiger partial charge on any atom is 0.248 e. The van der Waals surface area contributed by atoms with Crippen molar-refractivity contribution in [1.29, 1.82) is 0 Å². The second-order valence-corrected chi connectivity index (χ2v) is 8.82. The van der Waals surface area contributed by atoms with Gasteiger partial charge in [-0.2, -0.15) is 0 Å². The molecule has 160 valence electrons. The molecule has 2 fully saturated rings. The largest absolute Gasteiger partial charge is 0.390 e. The molecule has 2 amide bonds. The number of hydrogen-bond acceptors (Lipinski definition) is 4. The van der Waals surface area contributed by atoms with E-state index in [0.717, 1.165) is 32.5 Å². The van der Waals surface area contributed by atoms with Gasteiger partial charge in [-0.1, -0.05) is 57.5 Å². The molecule has 0 radical (unpaired) electrons. The second-order valence-electron chi connectivity index (χ2n) is 8.82. The summed E-state index contributed by atoms with van der Waals surface area (Å²) in [4.78, 5) is 30.7. The average Bonchev–Trinajstić information content (AvgIpc) is 2.72. The first-order valence-corrected chi connectivity index (χ1v) is 11.0. The summed E-state index contributed by atoms with van der Waals surface area (Å²) in [6.07, 6.45) is 2.21. The lowest BCUT2D eigenvalue weighted by molar-refractivity contribution is -0.165. The first-order chi connectivity index (χ1) is 13.9. The van der Waals surface area contributed by atoms with Crippen LogP contribution < -0.4 is 5.32 Å². The Morgan fingerprint density at radius 3 is 2.41 bits per heavy atom. The van der Waals surface area contributed by atoms with Gasteiger partial charge in [0.05, 0.1) is 6.10 Å². The van der Waals surface area contributed by atoms with E-state index in [9.17, 15) is 14.7 Å². The van der Waals surface area contributed by atoms with Crippen molar-refractivity contribution in [3.05, 3.63) is 35.9 Å². The van der Waals surface area contributed by atoms with Crippen LogP contribution in [0.25, 0.3) is 0 Å². The quantitative estimate of drug-likeness (QED) is 0.734. The van der Waals surface area contributed by atoms with Crippen LogP contribution in [-0.2, 0) is 16.1 Å². The van der Waals surface area contributed by atoms with Crippen LogP contribution >= 0.6 is 0 Å². The summed E-state index contributed by atoms with van der Waals surface area (Å²) in [6, 6.07) is 9.49. The molecule has 2 heterocycles. The zero-order valence-corrected chi connectivity index (χ0v) is 17.9. The Bertz CT molecular complexity index is 699. The number of piperazine rings is 1. The van der Waals surface area contributed by atoms with Crippen molar-refractivity contribution in [2.45, 2.75) is 70.7 Å². The molecule has 29 heavy (non-hydrogen) atoms. The van der Waals surface area contributed by atoms with E-state index >= 15 is 0 Å². The number of piperidine rings is 1. The van der Waals surface area contributed by atoms with E-state index in [1.807, 2.05) is 32.0 Å². The Kier molecular flexibility index (Phi) is 6.96. The Balaban J connectivity index is 1.76. The molecule has 3 rings (SSSR count). The Morgan fingerprint density at radius 1 is 1.17 bits per heavy atom. The molecule has 2 saturated heterocycles. The molecule has 2 N–H and O–H groups in total. The number of carbonyl (C=O) groups excluding carboxylic acids is 2. The molecule has 0 aliphatic carbocycles. The minimum Gasteiger partial charge on any atom is -0.390 e. The number of aliphatic hydroxyl groups excluding tert-OH is 1. The molecule has 0 aromatic heterocycles. The zero-order chi connectivity index (χ0) is 21.0. The second kappa shape index (κ2) is 9.26. The van der Waals surface area contributed by atoms with Crippen LogP contribution in [0.3, 0.4) is 0 Å². The molecular weight excluding hydrogens is 366 g/mol. The first kappa shape index (κ1) is 21.8. The van der Waals surface area contributed by atoms with E-state index in [1.165, 1.54) is 5.56 Å². The molecule has 2 aliphatic rings. The summed E-state index contributed by atoms with van der Waals surface area (Å²) in [7, 11) is 0. The number of carbonyl (C=O) groups is 2. The van der Waals surface area contributed by atoms with E-state index in [0.29, 0.717) is 19.4 Å². The highest BCUT2D eigenvalue weighted by Crippen LogP contribution is 2.34. The Hall–Kier alpha value is -1.92. The van der Waals surface area contributed by atoms with E-state index in [4.69, 9.17) is 0 Å². The SMILES string of the molecule is CCCCN1C(=O)C(C(O)C(C)C)NC(=O)C12CCN(Cc1ccccc1)CC2. The van der Waals surface area contributed by atoms with Gasteiger partial charge in [0.15, 0.2) is 0 Å². The van der Waals surface area contributed by atoms with Crippen LogP contribution in [0.5, 0.6) is 0 Å². The normalized spacial score (nSPS) is 23.5. The number of unbranched alkanes of at least 4 members (excludes halogenated alkanes) is 1. The van der Waals surface area contributed by atoms with Crippen LogP contribution in [0.4, 0.5) is 0 Å². The topological polar surface area (TPSA) is 72.9 Å². The van der Waals surface area contributed by atoms with Gasteiger partial charge in [0.1, 0.15) is 11.6 Å². The van der Waals surface area contributed by atoms with Gasteiger partial charge in [-0.25, -0.2) is 0 Å². The fourth-order valence-corrected chi connectivity index (χ4v) is 4.52. The van der Waals surface area contributed by atoms with Gasteiger partial charge in [0.2, 0.25) is 11.8 Å². The number of benzene rings is 1. The molecule has 1 aromatic carbocycles. The number of aliphatic hydroxyl groups is 1. The lowest BCUT2D eigenvalue weighted by atomic mass is 9.80. The smallest absolute Gasteiger partial charge is 0.248 e. The van der Waals surface area contributed by atoms with Gasteiger partial charge >= 0.3 is 0 Å². The summed E-state index contributed by atoms with van der Waals surface area (Å²) in [5, 5.41) is 13.4. The summed E-state index contributed by atoms with van der Waals surface area (Å²) in [5.74, 6) is -0.327. The molecule has 2 atom stereocenters. The number of hydrogen-bond donors (Lipinski definition) is 2. The van der Waals surface area contributed by atoms with Gasteiger partial charge in [0.25, 0.3) is 0 Å². The van der Waals surface area contributed by atoms with Gasteiger partial charge in [-0.05, 0) is 30.7 Å². The molecule has 1 aromatic rings. The number of nitrogens with zero attached hydrogens (tertiary/aromatic N) is 2. The summed E-state index contributed by atoms with van der Waals surface area (Å²) < 4.78 is 0. The molecule has 6 heteroatoms. The molecular formula is C23H35N3O3. The van der Waals surface area contributed by atoms with Gasteiger partial charge in [0, 0.05) is 26.2 Å². The van der Waals surface area contributed by atoms with Crippen molar-refractivity contribution in [2.24, 2.45) is 5.92 Å². The van der Waals surface area contributed by atoms with E-state index in [2.05, 4.69) is 29.3 Å². The van der Waals surface area contributed by atoms with E-state index in [-0.39, 0.29) is 17.7 Å². The van der Waals surface area contributed by atoms with Gasteiger partial charge in [-0.15, -0.1) is 0 Å². The monoisotopic (exact) mass is 401 g/mol. The predicted molar refractivity (Wildman–Crippen MR) is 113 cm³/mol. The van der Waals surface area contributed by atoms with Crippen LogP contribution in [0.1, 0.15) is 52.0 Å². The maximum absolute atomic E-state index is 13.3. The minimum atomic E-state index is -0.869. The summed E-state index contributed by atoms with van der Waals surface area (Å²) in [5.41, 5.74) is 0.475. The number of nitrogens with one attached hydrogen (secondary N) is 1. The zero-order valence-electron chi connectivity index (χ0n) is 17.9. The van der Waals surface area contributed by atoms with Crippen molar-refractivity contribution in [3.63, 3.8) is 0 Å². The third kappa shape index (κ3) is 4.48. The Labute approximate surface area is 174 Å². The lowest BCUT2D eigenvalue weighted by Gasteiger charge is -2.52. The van der Waals surface area contributed by atoms with Crippen molar-refractivity contribution < 1.29 is 14.7 Å². The van der Waals surface area contributed by atoms with Gasteiger partial charge < -0.3 is 15.3 Å². The number of rotatable bonds is 7. The van der Waals surface area contributed by atoms with Crippen molar-refractivity contribution >= 4 is 11.8 Å². The molecule has 6 nitrogen and oxygen atoms in total. The molecule has 2 unspecified atom stereocenters. The van der Waals surface area contributed by atoms with Gasteiger partial charge in [-0.3, -0.25) is 14.5 Å². The fraction of sp³-hybridized carbons (Fsp3) is 0.652. The molecule has 0 bridgehead atoms. The Morgan fingerprint density at radius 2 is 1.83 bits per heavy atom. The highest BCUT2D eigenvalue weighted by molar-refractivity contribution is 6.00. The number of amides is 2. The molecule has 1 spiro atoms. The van der Waals surface area contributed by atoms with Crippen LogP contribution in [0, 0.1) is 5.92 Å². The van der Waals surface area contributed by atoms with E-state index < -0.39 is 17.7 Å². The minimum absolute atomic E-state index is 0.0981. The summed E-state index contributed by atoms with van der Waals surface area (Å²) in [6.45, 7) is 8.80. The van der Waals surface area contributed by atoms with Crippen LogP contribution in [-0.4, -0.2) is 64.0 Å².